The first-order valence-corrected chi connectivity index (χ1v) is 6.30. The fourth-order valence-corrected chi connectivity index (χ4v) is 2.21. The minimum absolute atomic E-state index is 0.109. The smallest absolute Gasteiger partial charge is 0.272 e. The molecule has 1 aliphatic rings. The third-order valence-electron chi connectivity index (χ3n) is 3.20. The van der Waals surface area contributed by atoms with Gasteiger partial charge in [-0.25, -0.2) is 5.01 Å². The molecule has 108 valence electrons. The summed E-state index contributed by atoms with van der Waals surface area (Å²) in [4.78, 5) is 11.8. The number of nitrogens with zero attached hydrogens (tertiary/aromatic N) is 2. The highest BCUT2D eigenvalue weighted by Crippen LogP contribution is 2.35. The molecule has 1 aromatic carbocycles. The molecule has 1 unspecified atom stereocenters. The highest BCUT2D eigenvalue weighted by atomic mass is 35.5. The molecular formula is C13H12ClF3N2O. The third kappa shape index (κ3) is 2.80. The summed E-state index contributed by atoms with van der Waals surface area (Å²) in [5, 5.41) is 4.95. The second-order valence-electron chi connectivity index (χ2n) is 4.67. The molecule has 0 fully saturated rings. The van der Waals surface area contributed by atoms with Crippen molar-refractivity contribution in [1.82, 2.24) is 5.01 Å². The number of carbonyl (C=O) groups is 1. The van der Waals surface area contributed by atoms with E-state index >= 15 is 0 Å². The molecule has 1 atom stereocenters. The Morgan fingerprint density at radius 2 is 2.05 bits per heavy atom. The van der Waals surface area contributed by atoms with Gasteiger partial charge in [0.05, 0.1) is 23.0 Å². The number of alkyl halides is 3. The molecule has 0 saturated carbocycles. The van der Waals surface area contributed by atoms with E-state index in [1.807, 2.05) is 0 Å². The Balaban J connectivity index is 2.20. The molecule has 0 aromatic heterocycles. The predicted molar refractivity (Wildman–Crippen MR) is 69.3 cm³/mol. The Kier molecular flexibility index (Phi) is 3.77. The summed E-state index contributed by atoms with van der Waals surface area (Å²) in [5.74, 6) is -0.460. The molecule has 7 heteroatoms. The highest BCUT2D eigenvalue weighted by Gasteiger charge is 2.33. The lowest BCUT2D eigenvalue weighted by atomic mass is 10.1. The summed E-state index contributed by atoms with van der Waals surface area (Å²) < 4.78 is 37.7. The Labute approximate surface area is 119 Å². The van der Waals surface area contributed by atoms with Gasteiger partial charge in [0.15, 0.2) is 0 Å². The topological polar surface area (TPSA) is 32.7 Å². The van der Waals surface area contributed by atoms with Crippen LogP contribution in [-0.2, 0) is 17.5 Å². The van der Waals surface area contributed by atoms with Crippen molar-refractivity contribution in [2.45, 2.75) is 26.6 Å². The molecule has 1 aliphatic heterocycles. The lowest BCUT2D eigenvalue weighted by molar-refractivity contribution is -0.137. The van der Waals surface area contributed by atoms with Crippen molar-refractivity contribution in [3.63, 3.8) is 0 Å². The first-order chi connectivity index (χ1) is 9.20. The van der Waals surface area contributed by atoms with Crippen molar-refractivity contribution in [3.8, 4) is 0 Å². The summed E-state index contributed by atoms with van der Waals surface area (Å²) in [6, 6.07) is 3.43. The molecule has 2 rings (SSSR count). The van der Waals surface area contributed by atoms with Gasteiger partial charge in [0.2, 0.25) is 0 Å². The van der Waals surface area contributed by atoms with E-state index in [0.717, 1.165) is 6.07 Å². The van der Waals surface area contributed by atoms with Crippen LogP contribution in [0.4, 0.5) is 13.2 Å². The maximum Gasteiger partial charge on any atom is 0.417 e. The molecule has 0 spiro atoms. The highest BCUT2D eigenvalue weighted by molar-refractivity contribution is 6.31. The van der Waals surface area contributed by atoms with Crippen LogP contribution < -0.4 is 0 Å². The number of benzene rings is 1. The van der Waals surface area contributed by atoms with Crippen molar-refractivity contribution in [1.29, 1.82) is 0 Å². The number of hydrogen-bond acceptors (Lipinski definition) is 2. The van der Waals surface area contributed by atoms with Crippen molar-refractivity contribution in [3.05, 3.63) is 34.3 Å². The van der Waals surface area contributed by atoms with Crippen molar-refractivity contribution in [2.24, 2.45) is 11.0 Å². The summed E-state index contributed by atoms with van der Waals surface area (Å²) in [5.41, 5.74) is 0.304. The van der Waals surface area contributed by atoms with Gasteiger partial charge in [-0.3, -0.25) is 4.79 Å². The van der Waals surface area contributed by atoms with E-state index < -0.39 is 11.7 Å². The van der Waals surface area contributed by atoms with Gasteiger partial charge in [-0.2, -0.15) is 18.3 Å². The average molecular weight is 305 g/mol. The molecule has 1 aromatic rings. The van der Waals surface area contributed by atoms with E-state index in [2.05, 4.69) is 5.10 Å². The van der Waals surface area contributed by atoms with Crippen molar-refractivity contribution in [2.75, 3.05) is 0 Å². The van der Waals surface area contributed by atoms with Crippen LogP contribution in [0.15, 0.2) is 23.3 Å². The molecule has 0 bridgehead atoms. The number of carbonyl (C=O) groups excluding carboxylic acids is 1. The van der Waals surface area contributed by atoms with Gasteiger partial charge in [0.25, 0.3) is 5.91 Å². The van der Waals surface area contributed by atoms with Crippen LogP contribution in [-0.4, -0.2) is 16.6 Å². The maximum atomic E-state index is 12.6. The Hall–Kier alpha value is -1.56. The summed E-state index contributed by atoms with van der Waals surface area (Å²) >= 11 is 5.63. The minimum Gasteiger partial charge on any atom is -0.272 e. The van der Waals surface area contributed by atoms with Gasteiger partial charge < -0.3 is 0 Å². The van der Waals surface area contributed by atoms with Gasteiger partial charge in [-0.15, -0.1) is 0 Å². The maximum absolute atomic E-state index is 12.6. The predicted octanol–water partition coefficient (Wildman–Crippen LogP) is 3.71. The Bertz CT molecular complexity index is 583. The van der Waals surface area contributed by atoms with Gasteiger partial charge in [-0.05, 0) is 31.5 Å². The van der Waals surface area contributed by atoms with Gasteiger partial charge in [-0.1, -0.05) is 17.7 Å². The number of hydrogen-bond donors (Lipinski definition) is 0. The first kappa shape index (κ1) is 14.8. The normalized spacial score (nSPS) is 19.5. The SMILES string of the molecule is CC1=NN(Cc2ccc(C(F)(F)F)c(Cl)c2)C(=O)C1C. The first-order valence-electron chi connectivity index (χ1n) is 5.92. The van der Waals surface area contributed by atoms with Crippen LogP contribution >= 0.6 is 11.6 Å². The summed E-state index contributed by atoms with van der Waals surface area (Å²) in [6.07, 6.45) is -4.48. The molecule has 3 nitrogen and oxygen atoms in total. The number of halogens is 4. The molecule has 20 heavy (non-hydrogen) atoms. The van der Waals surface area contributed by atoms with Crippen LogP contribution in [0.5, 0.6) is 0 Å². The van der Waals surface area contributed by atoms with E-state index in [0.29, 0.717) is 11.3 Å². The fraction of sp³-hybridized carbons (Fsp3) is 0.385. The second-order valence-corrected chi connectivity index (χ2v) is 5.08. The summed E-state index contributed by atoms with van der Waals surface area (Å²) in [7, 11) is 0. The molecule has 0 aliphatic carbocycles. The van der Waals surface area contributed by atoms with Crippen LogP contribution in [0.1, 0.15) is 25.0 Å². The van der Waals surface area contributed by atoms with Gasteiger partial charge >= 0.3 is 6.18 Å². The quantitative estimate of drug-likeness (QED) is 0.819. The lowest BCUT2D eigenvalue weighted by Crippen LogP contribution is -2.25. The van der Waals surface area contributed by atoms with E-state index in [4.69, 9.17) is 11.6 Å². The molecule has 1 heterocycles. The molecular weight excluding hydrogens is 293 g/mol. The monoisotopic (exact) mass is 304 g/mol. The Morgan fingerprint density at radius 3 is 2.50 bits per heavy atom. The van der Waals surface area contributed by atoms with Crippen LogP contribution in [0.3, 0.4) is 0 Å². The number of rotatable bonds is 2. The zero-order valence-electron chi connectivity index (χ0n) is 10.8. The van der Waals surface area contributed by atoms with Crippen molar-refractivity contribution >= 4 is 23.2 Å². The molecule has 1 amide bonds. The minimum atomic E-state index is -4.48. The largest absolute Gasteiger partial charge is 0.417 e. The molecule has 0 radical (unpaired) electrons. The van der Waals surface area contributed by atoms with Crippen LogP contribution in [0.2, 0.25) is 5.02 Å². The Morgan fingerprint density at radius 1 is 1.40 bits per heavy atom. The fourth-order valence-electron chi connectivity index (χ4n) is 1.90. The molecule has 0 N–H and O–H groups in total. The zero-order valence-corrected chi connectivity index (χ0v) is 11.6. The van der Waals surface area contributed by atoms with Crippen LogP contribution in [0.25, 0.3) is 0 Å². The number of amides is 1. The van der Waals surface area contributed by atoms with Gasteiger partial charge in [0, 0.05) is 5.71 Å². The lowest BCUT2D eigenvalue weighted by Gasteiger charge is -2.15. The van der Waals surface area contributed by atoms with E-state index in [-0.39, 0.29) is 23.4 Å². The second kappa shape index (κ2) is 5.09. The van der Waals surface area contributed by atoms with E-state index in [9.17, 15) is 18.0 Å². The standard InChI is InChI=1S/C13H12ClF3N2O/c1-7-8(2)18-19(12(7)20)6-9-3-4-10(11(14)5-9)13(15,16)17/h3-5,7H,6H2,1-2H3. The average Bonchev–Trinajstić information content (AvgIpc) is 2.55. The number of hydrazone groups is 1. The zero-order chi connectivity index (χ0) is 15.1. The summed E-state index contributed by atoms with van der Waals surface area (Å²) in [6.45, 7) is 3.58. The van der Waals surface area contributed by atoms with Crippen molar-refractivity contribution < 1.29 is 18.0 Å². The van der Waals surface area contributed by atoms with Crippen LogP contribution in [0, 0.1) is 5.92 Å². The molecule has 0 saturated heterocycles. The van der Waals surface area contributed by atoms with E-state index in [1.165, 1.54) is 17.1 Å². The van der Waals surface area contributed by atoms with E-state index in [1.54, 1.807) is 13.8 Å². The third-order valence-corrected chi connectivity index (χ3v) is 3.51. The van der Waals surface area contributed by atoms with Gasteiger partial charge in [0.1, 0.15) is 0 Å².